The van der Waals surface area contributed by atoms with Gasteiger partial charge in [-0.1, -0.05) is 24.3 Å². The Balaban J connectivity index is 1.81. The molecule has 2 aromatic rings. The highest BCUT2D eigenvalue weighted by Gasteiger charge is 2.07. The van der Waals surface area contributed by atoms with Crippen molar-refractivity contribution >= 4 is 23.2 Å². The summed E-state index contributed by atoms with van der Waals surface area (Å²) in [7, 11) is 3.17. The molecule has 2 amide bonds. The Morgan fingerprint density at radius 2 is 1.17 bits per heavy atom. The van der Waals surface area contributed by atoms with Crippen molar-refractivity contribution in [2.24, 2.45) is 10.2 Å². The highest BCUT2D eigenvalue weighted by molar-refractivity contribution is 6.00. The molecule has 0 atom stereocenters. The largest absolute Gasteiger partial charge is 0.497 e. The van der Waals surface area contributed by atoms with Crippen molar-refractivity contribution in [3.8, 4) is 11.5 Å². The number of amides is 2. The third-order valence-electron chi connectivity index (χ3n) is 4.25. The molecular weight excluding hydrogens is 384 g/mol. The summed E-state index contributed by atoms with van der Waals surface area (Å²) in [6, 6.07) is 14.7. The molecular formula is C22H26N4O4. The van der Waals surface area contributed by atoms with Crippen molar-refractivity contribution in [2.45, 2.75) is 26.7 Å². The first-order valence-electron chi connectivity index (χ1n) is 9.38. The van der Waals surface area contributed by atoms with Crippen molar-refractivity contribution in [3.05, 3.63) is 59.7 Å². The van der Waals surface area contributed by atoms with Crippen molar-refractivity contribution in [3.63, 3.8) is 0 Å². The molecule has 158 valence electrons. The average Bonchev–Trinajstić information content (AvgIpc) is 2.79. The van der Waals surface area contributed by atoms with Gasteiger partial charge in [-0.25, -0.2) is 10.9 Å². The second kappa shape index (κ2) is 11.4. The van der Waals surface area contributed by atoms with E-state index in [9.17, 15) is 9.59 Å². The fourth-order valence-corrected chi connectivity index (χ4v) is 2.46. The maximum absolute atomic E-state index is 12.0. The zero-order chi connectivity index (χ0) is 21.9. The maximum atomic E-state index is 12.0. The van der Waals surface area contributed by atoms with Gasteiger partial charge >= 0.3 is 0 Å². The molecule has 8 nitrogen and oxygen atoms in total. The van der Waals surface area contributed by atoms with Gasteiger partial charge in [0.15, 0.2) is 0 Å². The summed E-state index contributed by atoms with van der Waals surface area (Å²) in [6.45, 7) is 3.55. The molecule has 2 N–H and O–H groups in total. The van der Waals surface area contributed by atoms with Crippen LogP contribution in [0, 0.1) is 0 Å². The number of carbonyl (C=O) groups is 2. The van der Waals surface area contributed by atoms with E-state index in [1.165, 1.54) is 0 Å². The van der Waals surface area contributed by atoms with E-state index >= 15 is 0 Å². The molecule has 2 rings (SSSR count). The van der Waals surface area contributed by atoms with Crippen LogP contribution < -0.4 is 20.3 Å². The van der Waals surface area contributed by atoms with Crippen LogP contribution in [0.2, 0.25) is 0 Å². The summed E-state index contributed by atoms with van der Waals surface area (Å²) in [5.74, 6) is 0.687. The van der Waals surface area contributed by atoms with E-state index in [-0.39, 0.29) is 24.7 Å². The predicted molar refractivity (Wildman–Crippen MR) is 116 cm³/mol. The molecule has 0 heterocycles. The van der Waals surface area contributed by atoms with Gasteiger partial charge in [0.25, 0.3) is 0 Å². The quantitative estimate of drug-likeness (QED) is 0.490. The van der Waals surface area contributed by atoms with Gasteiger partial charge < -0.3 is 9.47 Å². The Morgan fingerprint density at radius 3 is 1.53 bits per heavy atom. The van der Waals surface area contributed by atoms with E-state index in [1.807, 2.05) is 48.5 Å². The van der Waals surface area contributed by atoms with Crippen LogP contribution in [0.15, 0.2) is 58.7 Å². The topological polar surface area (TPSA) is 101 Å². The SMILES string of the molecule is COc1cccc(/C(C)=N/NC(=O)CCC(=O)N/N=C(\C)c2cccc(OC)c2)c1. The van der Waals surface area contributed by atoms with E-state index in [0.717, 1.165) is 11.1 Å². The summed E-state index contributed by atoms with van der Waals surface area (Å²) in [4.78, 5) is 23.9. The minimum absolute atomic E-state index is 0.00550. The summed E-state index contributed by atoms with van der Waals surface area (Å²) in [6.07, 6.45) is -0.0110. The Morgan fingerprint density at radius 1 is 0.767 bits per heavy atom. The Kier molecular flexibility index (Phi) is 8.56. The number of methoxy groups -OCH3 is 2. The van der Waals surface area contributed by atoms with Crippen molar-refractivity contribution in [1.82, 2.24) is 10.9 Å². The predicted octanol–water partition coefficient (Wildman–Crippen LogP) is 2.86. The molecule has 0 fully saturated rings. The minimum atomic E-state index is -0.360. The summed E-state index contributed by atoms with van der Waals surface area (Å²) >= 11 is 0. The highest BCUT2D eigenvalue weighted by atomic mass is 16.5. The number of carbonyl (C=O) groups excluding carboxylic acids is 2. The lowest BCUT2D eigenvalue weighted by Gasteiger charge is -2.06. The lowest BCUT2D eigenvalue weighted by Crippen LogP contribution is -2.24. The van der Waals surface area contributed by atoms with Gasteiger partial charge in [0.05, 0.1) is 25.6 Å². The number of nitrogens with zero attached hydrogens (tertiary/aromatic N) is 2. The number of hydrazone groups is 2. The molecule has 0 saturated carbocycles. The number of nitrogens with one attached hydrogen (secondary N) is 2. The first-order valence-corrected chi connectivity index (χ1v) is 9.38. The average molecular weight is 410 g/mol. The first kappa shape index (κ1) is 22.6. The molecule has 0 aliphatic carbocycles. The van der Waals surface area contributed by atoms with Crippen molar-refractivity contribution in [2.75, 3.05) is 14.2 Å². The van der Waals surface area contributed by atoms with Crippen LogP contribution >= 0.6 is 0 Å². The number of hydrogen-bond donors (Lipinski definition) is 2. The fourth-order valence-electron chi connectivity index (χ4n) is 2.46. The maximum Gasteiger partial charge on any atom is 0.240 e. The standard InChI is InChI=1S/C22H26N4O4/c1-15(17-7-5-9-19(13-17)29-3)23-25-21(27)11-12-22(28)26-24-16(2)18-8-6-10-20(14-18)30-4/h5-10,13-14H,11-12H2,1-4H3,(H,25,27)(H,26,28)/b23-15+,24-16+. The van der Waals surface area contributed by atoms with Gasteiger partial charge in [-0.3, -0.25) is 9.59 Å². The lowest BCUT2D eigenvalue weighted by atomic mass is 10.1. The molecule has 0 bridgehead atoms. The number of rotatable bonds is 9. The van der Waals surface area contributed by atoms with E-state index in [1.54, 1.807) is 28.1 Å². The smallest absolute Gasteiger partial charge is 0.240 e. The van der Waals surface area contributed by atoms with Gasteiger partial charge in [0.1, 0.15) is 11.5 Å². The second-order valence-corrected chi connectivity index (χ2v) is 6.43. The van der Waals surface area contributed by atoms with Gasteiger partial charge in [-0.2, -0.15) is 10.2 Å². The second-order valence-electron chi connectivity index (χ2n) is 6.43. The number of hydrogen-bond acceptors (Lipinski definition) is 6. The zero-order valence-electron chi connectivity index (χ0n) is 17.6. The molecule has 0 unspecified atom stereocenters. The molecule has 0 saturated heterocycles. The monoisotopic (exact) mass is 410 g/mol. The zero-order valence-corrected chi connectivity index (χ0v) is 17.6. The van der Waals surface area contributed by atoms with Gasteiger partial charge in [0.2, 0.25) is 11.8 Å². The molecule has 0 aliphatic rings. The van der Waals surface area contributed by atoms with Crippen LogP contribution in [-0.4, -0.2) is 37.5 Å². The van der Waals surface area contributed by atoms with Crippen LogP contribution in [0.4, 0.5) is 0 Å². The van der Waals surface area contributed by atoms with E-state index in [4.69, 9.17) is 9.47 Å². The summed E-state index contributed by atoms with van der Waals surface area (Å²) in [5, 5.41) is 8.14. The third-order valence-corrected chi connectivity index (χ3v) is 4.25. The summed E-state index contributed by atoms with van der Waals surface area (Å²) in [5.41, 5.74) is 7.83. The van der Waals surface area contributed by atoms with Gasteiger partial charge in [0, 0.05) is 24.0 Å². The molecule has 30 heavy (non-hydrogen) atoms. The normalized spacial score (nSPS) is 11.6. The molecule has 8 heteroatoms. The highest BCUT2D eigenvalue weighted by Crippen LogP contribution is 2.14. The molecule has 0 radical (unpaired) electrons. The van der Waals surface area contributed by atoms with Crippen LogP contribution in [0.5, 0.6) is 11.5 Å². The Labute approximate surface area is 176 Å². The van der Waals surface area contributed by atoms with Crippen LogP contribution in [0.25, 0.3) is 0 Å². The van der Waals surface area contributed by atoms with E-state index in [0.29, 0.717) is 22.9 Å². The van der Waals surface area contributed by atoms with Crippen LogP contribution in [-0.2, 0) is 9.59 Å². The van der Waals surface area contributed by atoms with E-state index in [2.05, 4.69) is 21.1 Å². The van der Waals surface area contributed by atoms with Crippen molar-refractivity contribution in [1.29, 1.82) is 0 Å². The van der Waals surface area contributed by atoms with Gasteiger partial charge in [-0.05, 0) is 38.1 Å². The minimum Gasteiger partial charge on any atom is -0.497 e. The number of ether oxygens (including phenoxy) is 2. The van der Waals surface area contributed by atoms with Gasteiger partial charge in [-0.15, -0.1) is 0 Å². The van der Waals surface area contributed by atoms with Crippen molar-refractivity contribution < 1.29 is 19.1 Å². The Hall–Kier alpha value is -3.68. The molecule has 2 aromatic carbocycles. The molecule has 0 spiro atoms. The molecule has 0 aromatic heterocycles. The fraction of sp³-hybridized carbons (Fsp3) is 0.273. The lowest BCUT2D eigenvalue weighted by molar-refractivity contribution is -0.126. The number of benzene rings is 2. The van der Waals surface area contributed by atoms with E-state index < -0.39 is 0 Å². The Bertz CT molecular complexity index is 876. The summed E-state index contributed by atoms with van der Waals surface area (Å²) < 4.78 is 10.3. The first-order chi connectivity index (χ1) is 14.4. The van der Waals surface area contributed by atoms with Crippen LogP contribution in [0.1, 0.15) is 37.8 Å². The molecule has 0 aliphatic heterocycles. The van der Waals surface area contributed by atoms with Crippen LogP contribution in [0.3, 0.4) is 0 Å². The third kappa shape index (κ3) is 7.05.